The van der Waals surface area contributed by atoms with Gasteiger partial charge >= 0.3 is 0 Å². The highest BCUT2D eigenvalue weighted by Gasteiger charge is 2.32. The second-order valence-corrected chi connectivity index (χ2v) is 7.52. The first-order valence-corrected chi connectivity index (χ1v) is 8.65. The van der Waals surface area contributed by atoms with Gasteiger partial charge < -0.3 is 5.32 Å². The third-order valence-electron chi connectivity index (χ3n) is 4.43. The van der Waals surface area contributed by atoms with Crippen molar-refractivity contribution in [1.29, 1.82) is 0 Å². The lowest BCUT2D eigenvalue weighted by molar-refractivity contribution is 0.292. The Morgan fingerprint density at radius 1 is 1.11 bits per heavy atom. The molecule has 1 nitrogen and oxygen atoms in total. The van der Waals surface area contributed by atoms with Crippen molar-refractivity contribution >= 4 is 37.5 Å². The van der Waals surface area contributed by atoms with Crippen molar-refractivity contribution in [1.82, 2.24) is 0 Å². The summed E-state index contributed by atoms with van der Waals surface area (Å²) >= 11 is 7.45. The molecule has 1 aliphatic carbocycles. The topological polar surface area (TPSA) is 12.0 Å². The van der Waals surface area contributed by atoms with Gasteiger partial charge in [-0.2, -0.15) is 0 Å². The fourth-order valence-electron chi connectivity index (χ4n) is 3.55. The Labute approximate surface area is 126 Å². The summed E-state index contributed by atoms with van der Waals surface area (Å²) in [5.41, 5.74) is 2.83. The molecule has 98 valence electrons. The molecule has 18 heavy (non-hydrogen) atoms. The van der Waals surface area contributed by atoms with Gasteiger partial charge in [-0.3, -0.25) is 0 Å². The molecule has 2 unspecified atom stereocenters. The Balaban J connectivity index is 1.94. The van der Waals surface area contributed by atoms with Crippen LogP contribution in [0.1, 0.15) is 50.0 Å². The lowest BCUT2D eigenvalue weighted by atomic mass is 9.74. The van der Waals surface area contributed by atoms with Crippen LogP contribution in [0.2, 0.25) is 0 Å². The molecule has 2 aliphatic rings. The molecule has 1 fully saturated rings. The summed E-state index contributed by atoms with van der Waals surface area (Å²) in [5, 5.41) is 3.57. The molecule has 3 heteroatoms. The number of alkyl halides is 1. The summed E-state index contributed by atoms with van der Waals surface area (Å²) in [6.07, 6.45) is 8.32. The van der Waals surface area contributed by atoms with E-state index in [9.17, 15) is 0 Å². The molecule has 3 rings (SSSR count). The number of halogens is 2. The monoisotopic (exact) mass is 371 g/mol. The van der Waals surface area contributed by atoms with Crippen LogP contribution in [0.25, 0.3) is 0 Å². The first-order valence-electron chi connectivity index (χ1n) is 6.94. The molecule has 1 aliphatic heterocycles. The van der Waals surface area contributed by atoms with E-state index in [0.29, 0.717) is 4.95 Å². The van der Waals surface area contributed by atoms with Crippen molar-refractivity contribution in [2.24, 2.45) is 5.92 Å². The predicted molar refractivity (Wildman–Crippen MR) is 84.4 cm³/mol. The van der Waals surface area contributed by atoms with E-state index in [1.54, 1.807) is 0 Å². The summed E-state index contributed by atoms with van der Waals surface area (Å²) in [5.74, 6) is 1.61. The van der Waals surface area contributed by atoms with Crippen molar-refractivity contribution in [2.45, 2.75) is 49.4 Å². The lowest BCUT2D eigenvalue weighted by Gasteiger charge is -2.37. The van der Waals surface area contributed by atoms with Crippen LogP contribution < -0.4 is 5.32 Å². The van der Waals surface area contributed by atoms with E-state index in [4.69, 9.17) is 0 Å². The van der Waals surface area contributed by atoms with Crippen LogP contribution in [0, 0.1) is 5.92 Å². The predicted octanol–water partition coefficient (Wildman–Crippen LogP) is 5.65. The summed E-state index contributed by atoms with van der Waals surface area (Å²) in [6, 6.07) is 6.62. The third kappa shape index (κ3) is 2.49. The van der Waals surface area contributed by atoms with E-state index in [1.165, 1.54) is 54.2 Å². The van der Waals surface area contributed by atoms with E-state index in [-0.39, 0.29) is 0 Å². The van der Waals surface area contributed by atoms with Gasteiger partial charge in [0.25, 0.3) is 0 Å². The summed E-state index contributed by atoms with van der Waals surface area (Å²) in [4.78, 5) is 0.413. The van der Waals surface area contributed by atoms with E-state index in [0.717, 1.165) is 11.8 Å². The van der Waals surface area contributed by atoms with Crippen LogP contribution in [0.5, 0.6) is 0 Å². The fourth-order valence-corrected chi connectivity index (χ4v) is 4.68. The quantitative estimate of drug-likeness (QED) is 0.496. The molecule has 1 aromatic carbocycles. The van der Waals surface area contributed by atoms with Crippen LogP contribution in [0.4, 0.5) is 5.69 Å². The van der Waals surface area contributed by atoms with Crippen molar-refractivity contribution in [3.63, 3.8) is 0 Å². The number of rotatable bonds is 1. The Morgan fingerprint density at radius 2 is 1.89 bits per heavy atom. The van der Waals surface area contributed by atoms with Crippen molar-refractivity contribution in [2.75, 3.05) is 5.32 Å². The van der Waals surface area contributed by atoms with E-state index in [2.05, 4.69) is 55.4 Å². The summed E-state index contributed by atoms with van der Waals surface area (Å²) in [7, 11) is 0. The molecule has 2 atom stereocenters. The molecule has 1 saturated carbocycles. The molecule has 0 amide bonds. The normalized spacial score (nSPS) is 28.6. The molecular formula is C15H19Br2N. The van der Waals surface area contributed by atoms with Gasteiger partial charge in [0.1, 0.15) is 0 Å². The van der Waals surface area contributed by atoms with Gasteiger partial charge in [0.2, 0.25) is 0 Å². The third-order valence-corrected chi connectivity index (χ3v) is 5.69. The van der Waals surface area contributed by atoms with Crippen molar-refractivity contribution < 1.29 is 0 Å². The molecule has 0 saturated heterocycles. The minimum atomic E-state index is 0.413. The molecule has 1 N–H and O–H groups in total. The van der Waals surface area contributed by atoms with Crippen LogP contribution in [0.15, 0.2) is 22.7 Å². The lowest BCUT2D eigenvalue weighted by Crippen LogP contribution is -2.28. The number of fused-ring (bicyclic) bond motifs is 1. The van der Waals surface area contributed by atoms with Gasteiger partial charge in [0.15, 0.2) is 0 Å². The first kappa shape index (κ1) is 13.0. The number of nitrogens with one attached hydrogen (secondary N) is 1. The van der Waals surface area contributed by atoms with E-state index in [1.807, 2.05) is 0 Å². The number of hydrogen-bond donors (Lipinski definition) is 1. The van der Waals surface area contributed by atoms with Crippen molar-refractivity contribution in [3.05, 3.63) is 28.2 Å². The number of para-hydroxylation sites is 1. The van der Waals surface area contributed by atoms with Crippen LogP contribution in [-0.4, -0.2) is 4.95 Å². The highest BCUT2D eigenvalue weighted by Crippen LogP contribution is 2.47. The molecular weight excluding hydrogens is 354 g/mol. The minimum absolute atomic E-state index is 0.413. The Morgan fingerprint density at radius 3 is 2.67 bits per heavy atom. The zero-order chi connectivity index (χ0) is 12.5. The maximum Gasteiger partial charge on any atom is 0.0824 e. The average molecular weight is 373 g/mol. The second kappa shape index (κ2) is 5.54. The smallest absolute Gasteiger partial charge is 0.0824 e. The Kier molecular flexibility index (Phi) is 4.00. The zero-order valence-corrected chi connectivity index (χ0v) is 13.6. The fraction of sp³-hybridized carbons (Fsp3) is 0.600. The van der Waals surface area contributed by atoms with E-state index >= 15 is 0 Å². The number of anilines is 1. The molecule has 0 radical (unpaired) electrons. The summed E-state index contributed by atoms with van der Waals surface area (Å²) in [6.45, 7) is 0. The maximum absolute atomic E-state index is 3.77. The first-order chi connectivity index (χ1) is 8.75. The average Bonchev–Trinajstić information content (AvgIpc) is 2.40. The SMILES string of the molecule is Brc1cccc2c1NC(Br)CC2C1CCCCC1. The largest absolute Gasteiger partial charge is 0.372 e. The van der Waals surface area contributed by atoms with Gasteiger partial charge in [-0.15, -0.1) is 0 Å². The molecule has 1 aromatic rings. The van der Waals surface area contributed by atoms with Crippen LogP contribution >= 0.6 is 31.9 Å². The van der Waals surface area contributed by atoms with Crippen molar-refractivity contribution in [3.8, 4) is 0 Å². The Bertz CT molecular complexity index is 427. The highest BCUT2D eigenvalue weighted by molar-refractivity contribution is 9.10. The van der Waals surface area contributed by atoms with Gasteiger partial charge in [-0.1, -0.05) is 47.3 Å². The highest BCUT2D eigenvalue weighted by atomic mass is 79.9. The van der Waals surface area contributed by atoms with Crippen LogP contribution in [0.3, 0.4) is 0 Å². The Hall–Kier alpha value is -0.0200. The van der Waals surface area contributed by atoms with E-state index < -0.39 is 0 Å². The molecule has 0 aromatic heterocycles. The minimum Gasteiger partial charge on any atom is -0.372 e. The maximum atomic E-state index is 3.77. The second-order valence-electron chi connectivity index (χ2n) is 5.56. The molecule has 0 bridgehead atoms. The molecule has 1 heterocycles. The van der Waals surface area contributed by atoms with Gasteiger partial charge in [0.05, 0.1) is 10.6 Å². The van der Waals surface area contributed by atoms with Crippen LogP contribution in [-0.2, 0) is 0 Å². The number of hydrogen-bond acceptors (Lipinski definition) is 1. The number of benzene rings is 1. The molecule has 0 spiro atoms. The summed E-state index contributed by atoms with van der Waals surface area (Å²) < 4.78 is 1.20. The van der Waals surface area contributed by atoms with Gasteiger partial charge in [-0.25, -0.2) is 0 Å². The zero-order valence-electron chi connectivity index (χ0n) is 10.5. The van der Waals surface area contributed by atoms with Gasteiger partial charge in [-0.05, 0) is 58.7 Å². The van der Waals surface area contributed by atoms with Gasteiger partial charge in [0, 0.05) is 4.47 Å². The standard InChI is InChI=1S/C15H19Br2N/c16-13-8-4-7-11-12(9-14(17)18-15(11)13)10-5-2-1-3-6-10/h4,7-8,10,12,14,18H,1-3,5-6,9H2.